The zero-order valence-corrected chi connectivity index (χ0v) is 7.40. The number of aromatic nitrogens is 2. The fraction of sp³-hybridized carbons (Fsp3) is 0.222. The lowest BCUT2D eigenvalue weighted by atomic mass is 10.3. The molecule has 1 aromatic heterocycles. The van der Waals surface area contributed by atoms with E-state index in [2.05, 4.69) is 9.82 Å². The maximum absolute atomic E-state index is 5.00. The molecular formula is C9H11N3O. The smallest absolute Gasteiger partial charge is 0.137 e. The summed E-state index contributed by atoms with van der Waals surface area (Å²) in [5.74, 6) is 5.83. The highest BCUT2D eigenvalue weighted by Gasteiger charge is 2.05. The van der Waals surface area contributed by atoms with Crippen molar-refractivity contribution in [3.8, 4) is 0 Å². The molecule has 1 heterocycles. The van der Waals surface area contributed by atoms with Gasteiger partial charge in [-0.3, -0.25) is 4.84 Å². The fourth-order valence-corrected chi connectivity index (χ4v) is 1.40. The summed E-state index contributed by atoms with van der Waals surface area (Å²) < 4.78 is 1.97. The summed E-state index contributed by atoms with van der Waals surface area (Å²) in [6.45, 7) is 0.338. The number of para-hydroxylation sites is 2. The van der Waals surface area contributed by atoms with Crippen LogP contribution in [0.2, 0.25) is 0 Å². The molecule has 0 fully saturated rings. The molecule has 1 aromatic carbocycles. The van der Waals surface area contributed by atoms with Crippen molar-refractivity contribution in [3.05, 3.63) is 30.1 Å². The molecule has 0 spiro atoms. The first-order valence-corrected chi connectivity index (χ1v) is 4.05. The highest BCUT2D eigenvalue weighted by Crippen LogP contribution is 2.13. The molecule has 4 nitrogen and oxygen atoms in total. The van der Waals surface area contributed by atoms with Crippen molar-refractivity contribution in [1.82, 2.24) is 9.55 Å². The zero-order valence-electron chi connectivity index (χ0n) is 7.40. The minimum absolute atomic E-state index is 0.338. The average molecular weight is 177 g/mol. The van der Waals surface area contributed by atoms with E-state index in [1.54, 1.807) is 0 Å². The van der Waals surface area contributed by atoms with Gasteiger partial charge in [-0.1, -0.05) is 12.1 Å². The summed E-state index contributed by atoms with van der Waals surface area (Å²) in [7, 11) is 1.95. The molecule has 2 N–H and O–H groups in total. The van der Waals surface area contributed by atoms with Crippen LogP contribution in [0.1, 0.15) is 5.82 Å². The van der Waals surface area contributed by atoms with Crippen molar-refractivity contribution < 1.29 is 4.84 Å². The number of imidazole rings is 1. The summed E-state index contributed by atoms with van der Waals surface area (Å²) >= 11 is 0. The topological polar surface area (TPSA) is 53.1 Å². The quantitative estimate of drug-likeness (QED) is 0.695. The van der Waals surface area contributed by atoms with E-state index in [0.29, 0.717) is 6.61 Å². The normalized spacial score (nSPS) is 10.9. The van der Waals surface area contributed by atoms with Crippen LogP contribution in [0.15, 0.2) is 24.3 Å². The Morgan fingerprint density at radius 1 is 1.46 bits per heavy atom. The Morgan fingerprint density at radius 2 is 2.23 bits per heavy atom. The lowest BCUT2D eigenvalue weighted by molar-refractivity contribution is 0.117. The third-order valence-corrected chi connectivity index (χ3v) is 2.09. The van der Waals surface area contributed by atoms with E-state index in [9.17, 15) is 0 Å². The van der Waals surface area contributed by atoms with Gasteiger partial charge in [-0.2, -0.15) is 0 Å². The van der Waals surface area contributed by atoms with Gasteiger partial charge in [0.2, 0.25) is 0 Å². The molecule has 0 amide bonds. The number of nitrogens with two attached hydrogens (primary N) is 1. The highest BCUT2D eigenvalue weighted by atomic mass is 16.6. The van der Waals surface area contributed by atoms with Gasteiger partial charge >= 0.3 is 0 Å². The molecule has 0 aliphatic carbocycles. The first kappa shape index (κ1) is 8.22. The van der Waals surface area contributed by atoms with Crippen LogP contribution in [0.4, 0.5) is 0 Å². The summed E-state index contributed by atoms with van der Waals surface area (Å²) in [6, 6.07) is 7.93. The van der Waals surface area contributed by atoms with Gasteiger partial charge in [-0.25, -0.2) is 10.9 Å². The maximum Gasteiger partial charge on any atom is 0.137 e. The maximum atomic E-state index is 5.00. The average Bonchev–Trinajstić information content (AvgIpc) is 2.46. The van der Waals surface area contributed by atoms with Crippen molar-refractivity contribution in [2.45, 2.75) is 6.61 Å². The molecule has 0 bridgehead atoms. The SMILES string of the molecule is Cn1c(CON)nc2ccccc21. The van der Waals surface area contributed by atoms with Crippen LogP contribution in [0.3, 0.4) is 0 Å². The molecule has 0 atom stereocenters. The third-order valence-electron chi connectivity index (χ3n) is 2.09. The molecule has 0 unspecified atom stereocenters. The summed E-state index contributed by atoms with van der Waals surface area (Å²) in [4.78, 5) is 8.91. The lowest BCUT2D eigenvalue weighted by Gasteiger charge is -1.98. The van der Waals surface area contributed by atoms with Gasteiger partial charge < -0.3 is 4.57 Å². The standard InChI is InChI=1S/C9H11N3O/c1-12-8-5-3-2-4-7(8)11-9(12)6-13-10/h2-5H,6,10H2,1H3. The van der Waals surface area contributed by atoms with Crippen LogP contribution in [0, 0.1) is 0 Å². The third kappa shape index (κ3) is 1.30. The second-order valence-electron chi connectivity index (χ2n) is 2.89. The number of benzene rings is 1. The van der Waals surface area contributed by atoms with Crippen molar-refractivity contribution in [2.75, 3.05) is 0 Å². The number of rotatable bonds is 2. The first-order chi connectivity index (χ1) is 6.33. The molecule has 68 valence electrons. The van der Waals surface area contributed by atoms with Crippen LogP contribution >= 0.6 is 0 Å². The van der Waals surface area contributed by atoms with Gasteiger partial charge in [0.25, 0.3) is 0 Å². The first-order valence-electron chi connectivity index (χ1n) is 4.05. The van der Waals surface area contributed by atoms with Gasteiger partial charge in [0.15, 0.2) is 0 Å². The van der Waals surface area contributed by atoms with E-state index in [1.807, 2.05) is 35.9 Å². The molecule has 0 aliphatic heterocycles. The monoisotopic (exact) mass is 177 g/mol. The predicted octanol–water partition coefficient (Wildman–Crippen LogP) is 0.964. The largest absolute Gasteiger partial charge is 0.329 e. The molecule has 2 rings (SSSR count). The summed E-state index contributed by atoms with van der Waals surface area (Å²) in [6.07, 6.45) is 0. The Bertz CT molecular complexity index is 422. The summed E-state index contributed by atoms with van der Waals surface area (Å²) in [5, 5.41) is 0. The van der Waals surface area contributed by atoms with Gasteiger partial charge in [0.05, 0.1) is 11.0 Å². The van der Waals surface area contributed by atoms with Crippen molar-refractivity contribution in [2.24, 2.45) is 12.9 Å². The van der Waals surface area contributed by atoms with E-state index in [4.69, 9.17) is 5.90 Å². The molecule has 0 aliphatic rings. The van der Waals surface area contributed by atoms with Gasteiger partial charge in [-0.15, -0.1) is 0 Å². The van der Waals surface area contributed by atoms with Gasteiger partial charge in [0, 0.05) is 7.05 Å². The van der Waals surface area contributed by atoms with Crippen molar-refractivity contribution in [3.63, 3.8) is 0 Å². The molecule has 13 heavy (non-hydrogen) atoms. The Balaban J connectivity index is 2.60. The van der Waals surface area contributed by atoms with Crippen molar-refractivity contribution in [1.29, 1.82) is 0 Å². The van der Waals surface area contributed by atoms with E-state index in [-0.39, 0.29) is 0 Å². The number of nitrogens with zero attached hydrogens (tertiary/aromatic N) is 2. The van der Waals surface area contributed by atoms with Crippen molar-refractivity contribution >= 4 is 11.0 Å². The van der Waals surface area contributed by atoms with Crippen LogP contribution in [-0.4, -0.2) is 9.55 Å². The minimum atomic E-state index is 0.338. The number of hydrogen-bond donors (Lipinski definition) is 1. The predicted molar refractivity (Wildman–Crippen MR) is 49.7 cm³/mol. The molecule has 0 radical (unpaired) electrons. The molecule has 0 saturated carbocycles. The summed E-state index contributed by atoms with van der Waals surface area (Å²) in [5.41, 5.74) is 2.06. The highest BCUT2D eigenvalue weighted by molar-refractivity contribution is 5.75. The van der Waals surface area contributed by atoms with Crippen LogP contribution in [0.25, 0.3) is 11.0 Å². The Kier molecular flexibility index (Phi) is 2.00. The Morgan fingerprint density at radius 3 is 2.92 bits per heavy atom. The van der Waals surface area contributed by atoms with E-state index < -0.39 is 0 Å². The molecular weight excluding hydrogens is 166 g/mol. The van der Waals surface area contributed by atoms with Crippen LogP contribution in [0.5, 0.6) is 0 Å². The number of aryl methyl sites for hydroxylation is 1. The van der Waals surface area contributed by atoms with E-state index >= 15 is 0 Å². The Labute approximate surface area is 75.9 Å². The van der Waals surface area contributed by atoms with Crippen LogP contribution in [-0.2, 0) is 18.5 Å². The number of fused-ring (bicyclic) bond motifs is 1. The minimum Gasteiger partial charge on any atom is -0.329 e. The molecule has 4 heteroatoms. The second-order valence-corrected chi connectivity index (χ2v) is 2.89. The van der Waals surface area contributed by atoms with E-state index in [1.165, 1.54) is 0 Å². The molecule has 2 aromatic rings. The molecule has 0 saturated heterocycles. The lowest BCUT2D eigenvalue weighted by Crippen LogP contribution is -2.04. The fourth-order valence-electron chi connectivity index (χ4n) is 1.40. The van der Waals surface area contributed by atoms with E-state index in [0.717, 1.165) is 16.9 Å². The second kappa shape index (κ2) is 3.16. The zero-order chi connectivity index (χ0) is 9.26. The number of hydrogen-bond acceptors (Lipinski definition) is 3. The van der Waals surface area contributed by atoms with Gasteiger partial charge in [-0.05, 0) is 12.1 Å². The van der Waals surface area contributed by atoms with Crippen LogP contribution < -0.4 is 5.90 Å². The Hall–Kier alpha value is -1.39. The van der Waals surface area contributed by atoms with Gasteiger partial charge in [0.1, 0.15) is 12.4 Å².